The summed E-state index contributed by atoms with van der Waals surface area (Å²) in [4.78, 5) is 11.0. The Morgan fingerprint density at radius 1 is 1.42 bits per heavy atom. The van der Waals surface area contributed by atoms with Crippen LogP contribution in [0.4, 0.5) is 24.5 Å². The Morgan fingerprint density at radius 2 is 2.05 bits per heavy atom. The van der Waals surface area contributed by atoms with Gasteiger partial charge in [0.2, 0.25) is 0 Å². The van der Waals surface area contributed by atoms with Crippen molar-refractivity contribution in [1.29, 1.82) is 0 Å². The molecule has 0 heterocycles. The number of nitro benzene ring substituents is 1. The topological polar surface area (TPSA) is 66.6 Å². The molecule has 0 aliphatic carbocycles. The number of rotatable bonds is 5. The molecule has 0 unspecified atom stereocenters. The predicted molar refractivity (Wildman–Crippen MR) is 63.2 cm³/mol. The summed E-state index contributed by atoms with van der Waals surface area (Å²) >= 11 is 0. The van der Waals surface area contributed by atoms with Crippen LogP contribution in [0.2, 0.25) is 0 Å². The second-order valence-electron chi connectivity index (χ2n) is 3.99. The largest absolute Gasteiger partial charge is 0.405 e. The van der Waals surface area contributed by atoms with Gasteiger partial charge in [0.05, 0.1) is 11.5 Å². The first-order chi connectivity index (χ1) is 8.74. The molecule has 0 aliphatic heterocycles. The van der Waals surface area contributed by atoms with Crippen LogP contribution in [0.15, 0.2) is 18.2 Å². The van der Waals surface area contributed by atoms with Crippen molar-refractivity contribution in [2.24, 2.45) is 0 Å². The number of aryl methyl sites for hydroxylation is 1. The maximum atomic E-state index is 12.4. The Kier molecular flexibility index (Phi) is 4.71. The van der Waals surface area contributed by atoms with E-state index in [1.54, 1.807) is 0 Å². The van der Waals surface area contributed by atoms with Crippen LogP contribution in [-0.4, -0.2) is 35.9 Å². The Balaban J connectivity index is 3.03. The quantitative estimate of drug-likeness (QED) is 0.662. The van der Waals surface area contributed by atoms with Crippen LogP contribution >= 0.6 is 0 Å². The van der Waals surface area contributed by atoms with E-state index < -0.39 is 24.3 Å². The Morgan fingerprint density at radius 3 is 2.47 bits per heavy atom. The highest BCUT2D eigenvalue weighted by molar-refractivity contribution is 5.55. The zero-order valence-corrected chi connectivity index (χ0v) is 10.1. The molecule has 0 aromatic heterocycles. The number of hydrogen-bond acceptors (Lipinski definition) is 4. The van der Waals surface area contributed by atoms with E-state index in [0.29, 0.717) is 0 Å². The molecule has 0 fully saturated rings. The van der Waals surface area contributed by atoms with Crippen LogP contribution in [-0.2, 0) is 0 Å². The summed E-state index contributed by atoms with van der Waals surface area (Å²) in [5.74, 6) is 0. The molecule has 19 heavy (non-hydrogen) atoms. The Hall–Kier alpha value is -1.83. The summed E-state index contributed by atoms with van der Waals surface area (Å²) in [6, 6.07) is 3.71. The third-order valence-corrected chi connectivity index (χ3v) is 2.48. The average molecular weight is 278 g/mol. The highest BCUT2D eigenvalue weighted by atomic mass is 19.4. The van der Waals surface area contributed by atoms with Crippen molar-refractivity contribution in [2.45, 2.75) is 13.1 Å². The standard InChI is InChI=1S/C11H13F3N2O3/c1-8-6-9(2-3-10(8)16(18)19)15(4-5-17)7-11(12,13)14/h2-3,6,17H,4-5,7H2,1H3. The summed E-state index contributed by atoms with van der Waals surface area (Å²) < 4.78 is 37.2. The number of alkyl halides is 3. The lowest BCUT2D eigenvalue weighted by molar-refractivity contribution is -0.385. The summed E-state index contributed by atoms with van der Waals surface area (Å²) in [7, 11) is 0. The molecule has 0 atom stereocenters. The second-order valence-corrected chi connectivity index (χ2v) is 3.99. The van der Waals surface area contributed by atoms with Crippen LogP contribution in [0.5, 0.6) is 0 Å². The number of nitrogens with zero attached hydrogens (tertiary/aromatic N) is 2. The van der Waals surface area contributed by atoms with Crippen molar-refractivity contribution in [3.8, 4) is 0 Å². The molecule has 0 spiro atoms. The van der Waals surface area contributed by atoms with Gasteiger partial charge < -0.3 is 10.0 Å². The maximum absolute atomic E-state index is 12.4. The lowest BCUT2D eigenvalue weighted by Crippen LogP contribution is -2.36. The first kappa shape index (κ1) is 15.2. The highest BCUT2D eigenvalue weighted by Crippen LogP contribution is 2.26. The molecule has 106 valence electrons. The molecule has 0 amide bonds. The lowest BCUT2D eigenvalue weighted by Gasteiger charge is -2.25. The smallest absolute Gasteiger partial charge is 0.395 e. The van der Waals surface area contributed by atoms with Crippen molar-refractivity contribution < 1.29 is 23.2 Å². The van der Waals surface area contributed by atoms with Gasteiger partial charge in [0.25, 0.3) is 5.69 Å². The van der Waals surface area contributed by atoms with E-state index in [4.69, 9.17) is 5.11 Å². The summed E-state index contributed by atoms with van der Waals surface area (Å²) in [5, 5.41) is 19.4. The third kappa shape index (κ3) is 4.40. The molecule has 1 rings (SSSR count). The highest BCUT2D eigenvalue weighted by Gasteiger charge is 2.31. The fourth-order valence-corrected chi connectivity index (χ4v) is 1.68. The van der Waals surface area contributed by atoms with Gasteiger partial charge in [0.1, 0.15) is 6.54 Å². The molecule has 1 N–H and O–H groups in total. The zero-order valence-electron chi connectivity index (χ0n) is 10.1. The fourth-order valence-electron chi connectivity index (χ4n) is 1.68. The second kappa shape index (κ2) is 5.87. The normalized spacial score (nSPS) is 11.4. The van der Waals surface area contributed by atoms with E-state index in [2.05, 4.69) is 0 Å². The van der Waals surface area contributed by atoms with Gasteiger partial charge >= 0.3 is 6.18 Å². The van der Waals surface area contributed by atoms with Gasteiger partial charge in [-0.3, -0.25) is 10.1 Å². The zero-order chi connectivity index (χ0) is 14.6. The van der Waals surface area contributed by atoms with Gasteiger partial charge in [0.15, 0.2) is 0 Å². The molecule has 5 nitrogen and oxygen atoms in total. The molecule has 8 heteroatoms. The molecular weight excluding hydrogens is 265 g/mol. The average Bonchev–Trinajstić information content (AvgIpc) is 2.26. The minimum Gasteiger partial charge on any atom is -0.395 e. The van der Waals surface area contributed by atoms with Crippen molar-refractivity contribution in [3.63, 3.8) is 0 Å². The van der Waals surface area contributed by atoms with Gasteiger partial charge in [-0.25, -0.2) is 0 Å². The number of hydrogen-bond donors (Lipinski definition) is 1. The number of halogens is 3. The summed E-state index contributed by atoms with van der Waals surface area (Å²) in [5.41, 5.74) is 0.307. The van der Waals surface area contributed by atoms with E-state index in [9.17, 15) is 23.3 Å². The van der Waals surface area contributed by atoms with E-state index >= 15 is 0 Å². The number of benzene rings is 1. The van der Waals surface area contributed by atoms with E-state index in [-0.39, 0.29) is 23.5 Å². The van der Waals surface area contributed by atoms with E-state index in [0.717, 1.165) is 11.0 Å². The SMILES string of the molecule is Cc1cc(N(CCO)CC(F)(F)F)ccc1[N+](=O)[O-]. The van der Waals surface area contributed by atoms with Gasteiger partial charge in [-0.15, -0.1) is 0 Å². The number of nitro groups is 1. The van der Waals surface area contributed by atoms with Crippen molar-refractivity contribution in [2.75, 3.05) is 24.6 Å². The molecule has 1 aromatic carbocycles. The van der Waals surface area contributed by atoms with Crippen LogP contribution in [0.1, 0.15) is 5.56 Å². The molecule has 0 bridgehead atoms. The van der Waals surface area contributed by atoms with Crippen molar-refractivity contribution in [1.82, 2.24) is 0 Å². The first-order valence-corrected chi connectivity index (χ1v) is 5.42. The van der Waals surface area contributed by atoms with Crippen LogP contribution in [0, 0.1) is 17.0 Å². The van der Waals surface area contributed by atoms with Crippen molar-refractivity contribution in [3.05, 3.63) is 33.9 Å². The molecule has 0 saturated heterocycles. The Labute approximate surface area is 107 Å². The van der Waals surface area contributed by atoms with Crippen molar-refractivity contribution >= 4 is 11.4 Å². The summed E-state index contributed by atoms with van der Waals surface area (Å²) in [6.45, 7) is -0.403. The third-order valence-electron chi connectivity index (χ3n) is 2.48. The molecule has 0 saturated carbocycles. The molecule has 0 radical (unpaired) electrons. The van der Waals surface area contributed by atoms with Gasteiger partial charge in [-0.1, -0.05) is 0 Å². The first-order valence-electron chi connectivity index (χ1n) is 5.42. The van der Waals surface area contributed by atoms with Gasteiger partial charge in [-0.2, -0.15) is 13.2 Å². The minimum atomic E-state index is -4.41. The minimum absolute atomic E-state index is 0.153. The summed E-state index contributed by atoms with van der Waals surface area (Å²) in [6.07, 6.45) is -4.41. The maximum Gasteiger partial charge on any atom is 0.405 e. The monoisotopic (exact) mass is 278 g/mol. The lowest BCUT2D eigenvalue weighted by atomic mass is 10.1. The van der Waals surface area contributed by atoms with E-state index in [1.165, 1.54) is 19.1 Å². The van der Waals surface area contributed by atoms with Gasteiger partial charge in [0, 0.05) is 23.9 Å². The Bertz CT molecular complexity index is 463. The van der Waals surface area contributed by atoms with Gasteiger partial charge in [-0.05, 0) is 19.1 Å². The van der Waals surface area contributed by atoms with Crippen LogP contribution in [0.25, 0.3) is 0 Å². The fraction of sp³-hybridized carbons (Fsp3) is 0.455. The number of anilines is 1. The van der Waals surface area contributed by atoms with Crippen LogP contribution in [0.3, 0.4) is 0 Å². The molecular formula is C11H13F3N2O3. The molecule has 1 aromatic rings. The van der Waals surface area contributed by atoms with E-state index in [1.807, 2.05) is 0 Å². The number of aliphatic hydroxyl groups is 1. The molecule has 0 aliphatic rings. The number of aliphatic hydroxyl groups excluding tert-OH is 1. The van der Waals surface area contributed by atoms with Crippen LogP contribution < -0.4 is 4.90 Å². The predicted octanol–water partition coefficient (Wildman–Crippen LogP) is 2.26.